The summed E-state index contributed by atoms with van der Waals surface area (Å²) < 4.78 is 5.71. The lowest BCUT2D eigenvalue weighted by atomic mass is 10.1. The molecule has 3 heterocycles. The van der Waals surface area contributed by atoms with Gasteiger partial charge in [-0.05, 0) is 37.5 Å². The van der Waals surface area contributed by atoms with Crippen LogP contribution in [-0.4, -0.2) is 34.0 Å². The smallest absolute Gasteiger partial charge is 0.254 e. The molecule has 126 valence electrons. The molecule has 2 saturated heterocycles. The predicted molar refractivity (Wildman–Crippen MR) is 98.4 cm³/mol. The highest BCUT2D eigenvalue weighted by Crippen LogP contribution is 2.45. The molecule has 2 fully saturated rings. The zero-order valence-electron chi connectivity index (χ0n) is 13.6. The van der Waals surface area contributed by atoms with E-state index in [9.17, 15) is 4.79 Å². The van der Waals surface area contributed by atoms with Gasteiger partial charge in [0.2, 0.25) is 0 Å². The zero-order chi connectivity index (χ0) is 16.5. The number of hydrogen-bond acceptors (Lipinski definition) is 5. The van der Waals surface area contributed by atoms with Crippen molar-refractivity contribution >= 4 is 29.4 Å². The normalized spacial score (nSPS) is 21.5. The number of benzene rings is 1. The van der Waals surface area contributed by atoms with Gasteiger partial charge < -0.3 is 9.42 Å². The third-order valence-electron chi connectivity index (χ3n) is 4.55. The molecule has 24 heavy (non-hydrogen) atoms. The van der Waals surface area contributed by atoms with Gasteiger partial charge in [0.1, 0.15) is 11.5 Å². The maximum Gasteiger partial charge on any atom is 0.254 e. The van der Waals surface area contributed by atoms with Gasteiger partial charge in [-0.15, -0.1) is 23.5 Å². The minimum absolute atomic E-state index is 0.0376. The Morgan fingerprint density at radius 1 is 1.25 bits per heavy atom. The maximum atomic E-state index is 12.9. The summed E-state index contributed by atoms with van der Waals surface area (Å²) in [6.07, 6.45) is 1.96. The predicted octanol–water partition coefficient (Wildman–Crippen LogP) is 4.44. The molecule has 1 aromatic carbocycles. The van der Waals surface area contributed by atoms with Crippen LogP contribution in [0.4, 0.5) is 0 Å². The van der Waals surface area contributed by atoms with Crippen LogP contribution in [0.15, 0.2) is 34.9 Å². The van der Waals surface area contributed by atoms with Crippen LogP contribution in [0.25, 0.3) is 0 Å². The molecular weight excluding hydrogens is 340 g/mol. The molecule has 1 atom stereocenters. The second-order valence-electron chi connectivity index (χ2n) is 6.21. The number of rotatable bonds is 3. The van der Waals surface area contributed by atoms with Gasteiger partial charge >= 0.3 is 0 Å². The maximum absolute atomic E-state index is 12.9. The van der Waals surface area contributed by atoms with E-state index in [0.717, 1.165) is 36.4 Å². The summed E-state index contributed by atoms with van der Waals surface area (Å²) in [6, 6.07) is 10.1. The highest BCUT2D eigenvalue weighted by Gasteiger charge is 2.32. The van der Waals surface area contributed by atoms with Crippen LogP contribution in [-0.2, 0) is 0 Å². The first kappa shape index (κ1) is 16.1. The standard InChI is InChI=1S/C18H20N2O2S2/c1-12-11-15(19-22-12)16-3-2-8-20(16)17(21)13-4-6-14(7-5-13)18-23-9-10-24-18/h4-7,11,16,18H,2-3,8-10H2,1H3. The Balaban J connectivity index is 1.52. The number of aromatic nitrogens is 1. The van der Waals surface area contributed by atoms with Crippen LogP contribution in [0.1, 0.15) is 50.8 Å². The van der Waals surface area contributed by atoms with Crippen LogP contribution in [0.5, 0.6) is 0 Å². The van der Waals surface area contributed by atoms with Crippen molar-refractivity contribution in [1.82, 2.24) is 10.1 Å². The minimum Gasteiger partial charge on any atom is -0.361 e. The topological polar surface area (TPSA) is 46.3 Å². The molecule has 0 radical (unpaired) electrons. The number of aryl methyl sites for hydroxylation is 1. The lowest BCUT2D eigenvalue weighted by molar-refractivity contribution is 0.0731. The van der Waals surface area contributed by atoms with E-state index < -0.39 is 0 Å². The van der Waals surface area contributed by atoms with Crippen LogP contribution in [0, 0.1) is 6.92 Å². The van der Waals surface area contributed by atoms with E-state index in [1.165, 1.54) is 17.1 Å². The van der Waals surface area contributed by atoms with Gasteiger partial charge in [-0.1, -0.05) is 17.3 Å². The van der Waals surface area contributed by atoms with E-state index >= 15 is 0 Å². The van der Waals surface area contributed by atoms with Gasteiger partial charge in [0.05, 0.1) is 10.6 Å². The summed E-state index contributed by atoms with van der Waals surface area (Å²) in [5.41, 5.74) is 2.94. The molecule has 0 N–H and O–H groups in total. The van der Waals surface area contributed by atoms with Crippen molar-refractivity contribution in [2.24, 2.45) is 0 Å². The second kappa shape index (κ2) is 6.84. The van der Waals surface area contributed by atoms with Crippen molar-refractivity contribution in [3.05, 3.63) is 52.9 Å². The largest absolute Gasteiger partial charge is 0.361 e. The summed E-state index contributed by atoms with van der Waals surface area (Å²) in [4.78, 5) is 14.9. The monoisotopic (exact) mass is 360 g/mol. The molecule has 0 saturated carbocycles. The Labute approximate surface area is 150 Å². The first-order chi connectivity index (χ1) is 11.7. The molecule has 0 bridgehead atoms. The summed E-state index contributed by atoms with van der Waals surface area (Å²) in [5, 5.41) is 4.12. The molecule has 2 aromatic rings. The fourth-order valence-corrected chi connectivity index (χ4v) is 6.22. The average molecular weight is 361 g/mol. The molecule has 0 spiro atoms. The summed E-state index contributed by atoms with van der Waals surface area (Å²) in [5.74, 6) is 3.31. The fraction of sp³-hybridized carbons (Fsp3) is 0.444. The molecule has 1 amide bonds. The third kappa shape index (κ3) is 3.09. The Morgan fingerprint density at radius 2 is 2.00 bits per heavy atom. The Bertz CT molecular complexity index is 723. The lowest BCUT2D eigenvalue weighted by Gasteiger charge is -2.23. The van der Waals surface area contributed by atoms with Gasteiger partial charge in [-0.2, -0.15) is 0 Å². The average Bonchev–Trinajstić information content (AvgIpc) is 3.35. The van der Waals surface area contributed by atoms with E-state index in [0.29, 0.717) is 4.58 Å². The molecule has 1 unspecified atom stereocenters. The van der Waals surface area contributed by atoms with Gasteiger partial charge in [-0.25, -0.2) is 0 Å². The Morgan fingerprint density at radius 3 is 2.67 bits per heavy atom. The van der Waals surface area contributed by atoms with Crippen LogP contribution in [0.3, 0.4) is 0 Å². The zero-order valence-corrected chi connectivity index (χ0v) is 15.2. The summed E-state index contributed by atoms with van der Waals surface area (Å²) >= 11 is 3.97. The van der Waals surface area contributed by atoms with Gasteiger partial charge in [0, 0.05) is 29.7 Å². The first-order valence-electron chi connectivity index (χ1n) is 8.30. The quantitative estimate of drug-likeness (QED) is 0.810. The molecule has 2 aliphatic heterocycles. The number of thioether (sulfide) groups is 2. The van der Waals surface area contributed by atoms with Crippen LogP contribution in [0.2, 0.25) is 0 Å². The number of carbonyl (C=O) groups excluding carboxylic acids is 1. The Kier molecular flexibility index (Phi) is 4.59. The molecule has 4 rings (SSSR count). The second-order valence-corrected chi connectivity index (χ2v) is 8.94. The molecule has 2 aliphatic rings. The van der Waals surface area contributed by atoms with Crippen molar-refractivity contribution in [3.63, 3.8) is 0 Å². The van der Waals surface area contributed by atoms with Crippen molar-refractivity contribution in [2.45, 2.75) is 30.4 Å². The minimum atomic E-state index is 0.0376. The van der Waals surface area contributed by atoms with Gasteiger partial charge in [0.15, 0.2) is 0 Å². The molecule has 0 aliphatic carbocycles. The van der Waals surface area contributed by atoms with Crippen LogP contribution >= 0.6 is 23.5 Å². The van der Waals surface area contributed by atoms with Gasteiger partial charge in [0.25, 0.3) is 5.91 Å². The molecular formula is C18H20N2O2S2. The Hall–Kier alpha value is -1.40. The van der Waals surface area contributed by atoms with E-state index in [1.54, 1.807) is 0 Å². The SMILES string of the molecule is Cc1cc(C2CCCN2C(=O)c2ccc(C3SCCS3)cc2)no1. The number of likely N-dealkylation sites (tertiary alicyclic amines) is 1. The highest BCUT2D eigenvalue weighted by atomic mass is 32.2. The van der Waals surface area contributed by atoms with Crippen LogP contribution < -0.4 is 0 Å². The van der Waals surface area contributed by atoms with Crippen molar-refractivity contribution in [3.8, 4) is 0 Å². The third-order valence-corrected chi connectivity index (χ3v) is 7.66. The summed E-state index contributed by atoms with van der Waals surface area (Å²) in [6.45, 7) is 2.67. The highest BCUT2D eigenvalue weighted by molar-refractivity contribution is 8.19. The lowest BCUT2D eigenvalue weighted by Crippen LogP contribution is -2.30. The van der Waals surface area contributed by atoms with Crippen molar-refractivity contribution in [2.75, 3.05) is 18.1 Å². The van der Waals surface area contributed by atoms with Gasteiger partial charge in [-0.3, -0.25) is 4.79 Å². The molecule has 1 aromatic heterocycles. The van der Waals surface area contributed by atoms with E-state index in [2.05, 4.69) is 17.3 Å². The first-order valence-corrected chi connectivity index (χ1v) is 10.4. The van der Waals surface area contributed by atoms with Crippen molar-refractivity contribution < 1.29 is 9.32 Å². The summed E-state index contributed by atoms with van der Waals surface area (Å²) in [7, 11) is 0. The number of hydrogen-bond donors (Lipinski definition) is 0. The van der Waals surface area contributed by atoms with E-state index in [-0.39, 0.29) is 11.9 Å². The molecule has 6 heteroatoms. The molecule has 4 nitrogen and oxygen atoms in total. The van der Waals surface area contributed by atoms with E-state index in [1.807, 2.05) is 53.5 Å². The van der Waals surface area contributed by atoms with E-state index in [4.69, 9.17) is 4.52 Å². The fourth-order valence-electron chi connectivity index (χ4n) is 3.36. The number of nitrogens with zero attached hydrogens (tertiary/aromatic N) is 2. The number of carbonyl (C=O) groups is 1. The van der Waals surface area contributed by atoms with Crippen molar-refractivity contribution in [1.29, 1.82) is 0 Å². The number of amides is 1.